The Balaban J connectivity index is 0.685. The lowest BCUT2D eigenvalue weighted by molar-refractivity contribution is -0.134. The number of carbonyl (C=O) groups is 4. The van der Waals surface area contributed by atoms with Crippen LogP contribution < -0.4 is 36.2 Å². The lowest BCUT2D eigenvalue weighted by Gasteiger charge is -2.40. The number of rotatable bonds is 20. The smallest absolute Gasteiger partial charge is 0.258 e. The predicted molar refractivity (Wildman–Crippen MR) is 259 cm³/mol. The molecule has 4 heterocycles. The summed E-state index contributed by atoms with van der Waals surface area (Å²) in [7, 11) is 0.650. The first-order chi connectivity index (χ1) is 32.4. The molecule has 67 heavy (non-hydrogen) atoms. The minimum absolute atomic E-state index is 0.0213. The number of thioether (sulfide) groups is 1. The van der Waals surface area contributed by atoms with Gasteiger partial charge < -0.3 is 41.1 Å². The number of hydrogen-bond donors (Lipinski definition) is 6. The van der Waals surface area contributed by atoms with Crippen molar-refractivity contribution in [3.05, 3.63) is 94.7 Å². The summed E-state index contributed by atoms with van der Waals surface area (Å²) in [6.07, 6.45) is 6.64. The number of benzene rings is 3. The van der Waals surface area contributed by atoms with Crippen molar-refractivity contribution in [2.24, 2.45) is 5.92 Å². The van der Waals surface area contributed by atoms with Crippen LogP contribution >= 0.6 is 11.8 Å². The zero-order valence-corrected chi connectivity index (χ0v) is 39.7. The van der Waals surface area contributed by atoms with Crippen molar-refractivity contribution in [2.75, 3.05) is 66.9 Å². The van der Waals surface area contributed by atoms with Gasteiger partial charge in [0.05, 0.1) is 34.7 Å². The third-order valence-corrected chi connectivity index (χ3v) is 15.4. The van der Waals surface area contributed by atoms with E-state index in [1.807, 2.05) is 24.3 Å². The van der Waals surface area contributed by atoms with Crippen LogP contribution in [0.3, 0.4) is 0 Å². The quantitative estimate of drug-likeness (QED) is 0.0281. The van der Waals surface area contributed by atoms with Gasteiger partial charge in [-0.2, -0.15) is 4.98 Å². The molecular formula is C49H59N9O7S2. The highest BCUT2D eigenvalue weighted by Crippen LogP contribution is 2.39. The second-order valence-electron chi connectivity index (χ2n) is 17.8. The fourth-order valence-electron chi connectivity index (χ4n) is 8.81. The van der Waals surface area contributed by atoms with Crippen LogP contribution in [-0.4, -0.2) is 100 Å². The average Bonchev–Trinajstić information content (AvgIpc) is 3.71. The molecule has 3 aromatic carbocycles. The molecule has 0 radical (unpaired) electrons. The van der Waals surface area contributed by atoms with Crippen molar-refractivity contribution in [3.8, 4) is 5.75 Å². The van der Waals surface area contributed by atoms with Gasteiger partial charge in [-0.25, -0.2) is 4.98 Å². The van der Waals surface area contributed by atoms with Gasteiger partial charge in [0, 0.05) is 85.3 Å². The van der Waals surface area contributed by atoms with Crippen molar-refractivity contribution >= 4 is 69.4 Å². The molecule has 4 aliphatic rings. The third-order valence-electron chi connectivity index (χ3n) is 12.9. The van der Waals surface area contributed by atoms with E-state index in [1.54, 1.807) is 37.0 Å². The van der Waals surface area contributed by atoms with Gasteiger partial charge in [0.2, 0.25) is 23.7 Å². The standard InChI is InChI=1S/C49H59N9O7S2/c1-49(19-3-20-49)57-46-45-39(18-25-67(45)63)54-48(56-46)58-22-16-34(17-23-58)33-8-11-36(12-9-33)66-24-21-52-42(60)29-64-28-32-6-4-31(5-7-32)27-53-43(61)30-65-35-10-13-37(40(26-35)51-2)44(50)38-14-15-41(59)55-47(38)62/h4-13,26,34,38,50-51H,3,14-25,27-30H2,1-2H3,(H,52,60)(H,53,61)(H,54,56,57)(H,55,59,62). The van der Waals surface area contributed by atoms with Gasteiger partial charge in [-0.15, -0.1) is 11.8 Å². The molecule has 1 saturated carbocycles. The van der Waals surface area contributed by atoms with E-state index in [-0.39, 0.29) is 61.6 Å². The fourth-order valence-corrected chi connectivity index (χ4v) is 10.9. The first-order valence-electron chi connectivity index (χ1n) is 23.0. The summed E-state index contributed by atoms with van der Waals surface area (Å²) in [6, 6.07) is 21.3. The number of imide groups is 1. The molecule has 354 valence electrons. The van der Waals surface area contributed by atoms with Crippen LogP contribution in [0.5, 0.6) is 5.75 Å². The minimum Gasteiger partial charge on any atom is -0.484 e. The van der Waals surface area contributed by atoms with Crippen LogP contribution in [0.25, 0.3) is 0 Å². The van der Waals surface area contributed by atoms with Crippen LogP contribution in [0, 0.1) is 11.3 Å². The molecule has 3 aliphatic heterocycles. The van der Waals surface area contributed by atoms with E-state index in [1.165, 1.54) is 12.0 Å². The van der Waals surface area contributed by atoms with Crippen LogP contribution in [0.1, 0.15) is 85.7 Å². The van der Waals surface area contributed by atoms with Gasteiger partial charge in [-0.1, -0.05) is 36.4 Å². The number of carbonyl (C=O) groups excluding carboxylic acids is 4. The Kier molecular flexibility index (Phi) is 15.5. The minimum atomic E-state index is -1.04. The van der Waals surface area contributed by atoms with E-state index in [4.69, 9.17) is 24.9 Å². The van der Waals surface area contributed by atoms with E-state index in [0.29, 0.717) is 41.8 Å². The molecule has 1 aliphatic carbocycles. The number of nitrogens with one attached hydrogen (secondary N) is 6. The highest BCUT2D eigenvalue weighted by atomic mass is 32.2. The average molecular weight is 950 g/mol. The molecule has 0 bridgehead atoms. The number of piperidine rings is 2. The SMILES string of the molecule is CNc1cc(OCC(=O)NCc2ccc(COCC(=O)NCCSc3ccc(C4CCN(c5nc6c(c(NC7(C)CCC7)n5)S(=O)CC6)CC4)cc3)cc2)ccc1C(=N)C1CCC(=O)NC1=O. The Morgan fingerprint density at radius 3 is 2.40 bits per heavy atom. The molecule has 16 nitrogen and oxygen atoms in total. The van der Waals surface area contributed by atoms with Crippen LogP contribution in [0.15, 0.2) is 76.5 Å². The van der Waals surface area contributed by atoms with Crippen LogP contribution in [0.2, 0.25) is 0 Å². The van der Waals surface area contributed by atoms with Crippen molar-refractivity contribution in [1.29, 1.82) is 5.41 Å². The number of hydrogen-bond acceptors (Lipinski definition) is 14. The van der Waals surface area contributed by atoms with Gasteiger partial charge in [0.1, 0.15) is 23.1 Å². The largest absolute Gasteiger partial charge is 0.484 e. The monoisotopic (exact) mass is 949 g/mol. The maximum Gasteiger partial charge on any atom is 0.258 e. The Morgan fingerprint density at radius 1 is 0.940 bits per heavy atom. The van der Waals surface area contributed by atoms with E-state index in [0.717, 1.165) is 89.3 Å². The molecular weight excluding hydrogens is 891 g/mol. The molecule has 6 N–H and O–H groups in total. The summed E-state index contributed by atoms with van der Waals surface area (Å²) < 4.78 is 24.2. The van der Waals surface area contributed by atoms with Gasteiger partial charge in [0.25, 0.3) is 5.91 Å². The summed E-state index contributed by atoms with van der Waals surface area (Å²) in [6.45, 7) is 4.81. The Bertz CT molecular complexity index is 2490. The van der Waals surface area contributed by atoms with Gasteiger partial charge >= 0.3 is 0 Å². The van der Waals surface area contributed by atoms with Crippen LogP contribution in [-0.2, 0) is 54.3 Å². The molecule has 18 heteroatoms. The summed E-state index contributed by atoms with van der Waals surface area (Å²) in [5.41, 5.74) is 5.28. The first kappa shape index (κ1) is 47.6. The van der Waals surface area contributed by atoms with Crippen LogP contribution in [0.4, 0.5) is 17.5 Å². The second-order valence-corrected chi connectivity index (χ2v) is 20.4. The summed E-state index contributed by atoms with van der Waals surface area (Å²) >= 11 is 1.70. The normalized spacial score (nSPS) is 18.9. The highest BCUT2D eigenvalue weighted by molar-refractivity contribution is 7.99. The lowest BCUT2D eigenvalue weighted by atomic mass is 9.78. The Hall–Kier alpha value is -5.85. The summed E-state index contributed by atoms with van der Waals surface area (Å²) in [4.78, 5) is 63.0. The van der Waals surface area contributed by atoms with Gasteiger partial charge in [-0.05, 0) is 92.3 Å². The molecule has 2 unspecified atom stereocenters. The molecule has 4 amide bonds. The van der Waals surface area contributed by atoms with Crippen molar-refractivity contribution < 1.29 is 32.9 Å². The van der Waals surface area contributed by atoms with Crippen molar-refractivity contribution in [1.82, 2.24) is 25.9 Å². The number of ether oxygens (including phenoxy) is 2. The lowest BCUT2D eigenvalue weighted by Crippen LogP contribution is -2.44. The second kappa shape index (κ2) is 21.8. The van der Waals surface area contributed by atoms with Gasteiger partial charge in [0.15, 0.2) is 6.61 Å². The molecule has 1 aromatic heterocycles. The van der Waals surface area contributed by atoms with E-state index in [2.05, 4.69) is 62.7 Å². The number of aryl methyl sites for hydroxylation is 1. The summed E-state index contributed by atoms with van der Waals surface area (Å²) in [5.74, 6) is 1.77. The molecule has 2 saturated heterocycles. The molecule has 2 atom stereocenters. The number of nitrogens with zero attached hydrogens (tertiary/aromatic N) is 3. The number of anilines is 3. The third kappa shape index (κ3) is 12.2. The van der Waals surface area contributed by atoms with Crippen molar-refractivity contribution in [3.63, 3.8) is 0 Å². The van der Waals surface area contributed by atoms with E-state index >= 15 is 0 Å². The maximum absolute atomic E-state index is 12.8. The zero-order valence-electron chi connectivity index (χ0n) is 38.0. The Labute approximate surface area is 397 Å². The molecule has 3 fully saturated rings. The maximum atomic E-state index is 12.8. The zero-order chi connectivity index (χ0) is 46.9. The molecule has 4 aromatic rings. The predicted octanol–water partition coefficient (Wildman–Crippen LogP) is 5.46. The first-order valence-corrected chi connectivity index (χ1v) is 25.4. The van der Waals surface area contributed by atoms with E-state index in [9.17, 15) is 23.4 Å². The number of aromatic nitrogens is 2. The number of amides is 4. The fraction of sp³-hybridized carbons (Fsp3) is 0.449. The molecule has 8 rings (SSSR count). The topological polar surface area (TPSA) is 217 Å². The van der Waals surface area contributed by atoms with E-state index < -0.39 is 22.6 Å². The summed E-state index contributed by atoms with van der Waals surface area (Å²) in [5, 5.41) is 23.3. The van der Waals surface area contributed by atoms with Gasteiger partial charge in [-0.3, -0.25) is 28.7 Å². The highest BCUT2D eigenvalue weighted by Gasteiger charge is 2.36. The van der Waals surface area contributed by atoms with Crippen molar-refractivity contribution in [2.45, 2.75) is 92.7 Å². The number of fused-ring (bicyclic) bond motifs is 1. The Morgan fingerprint density at radius 2 is 1.69 bits per heavy atom. The molecule has 0 spiro atoms.